The highest BCUT2D eigenvalue weighted by molar-refractivity contribution is 4.79. The van der Waals surface area contributed by atoms with Crippen molar-refractivity contribution in [3.8, 4) is 0 Å². The van der Waals surface area contributed by atoms with E-state index in [1.165, 1.54) is 116 Å². The average Bonchev–Trinajstić information content (AvgIpc) is 2.99. The molecule has 2 unspecified atom stereocenters. The molecule has 42 heavy (non-hydrogen) atoms. The lowest BCUT2D eigenvalue weighted by Crippen LogP contribution is -2.38. The quantitative estimate of drug-likeness (QED) is 0.0561. The summed E-state index contributed by atoms with van der Waals surface area (Å²) in [6.07, 6.45) is 29.3. The molecule has 0 aromatic carbocycles. The number of hydrogen-bond donors (Lipinski definition) is 2. The van der Waals surface area contributed by atoms with Crippen molar-refractivity contribution in [2.75, 3.05) is 39.6 Å². The predicted octanol–water partition coefficient (Wildman–Crippen LogP) is 9.96. The Bertz CT molecular complexity index is 504. The van der Waals surface area contributed by atoms with E-state index < -0.39 is 12.2 Å². The van der Waals surface area contributed by atoms with Crippen molar-refractivity contribution in [2.45, 2.75) is 181 Å². The van der Waals surface area contributed by atoms with Crippen LogP contribution >= 0.6 is 0 Å². The van der Waals surface area contributed by atoms with Crippen molar-refractivity contribution >= 4 is 0 Å². The third kappa shape index (κ3) is 27.1. The van der Waals surface area contributed by atoms with Gasteiger partial charge in [0.05, 0.1) is 51.8 Å². The van der Waals surface area contributed by atoms with Gasteiger partial charge in [-0.3, -0.25) is 0 Å². The van der Waals surface area contributed by atoms with E-state index in [0.717, 1.165) is 32.1 Å². The summed E-state index contributed by atoms with van der Waals surface area (Å²) in [5.74, 6) is 0. The predicted molar refractivity (Wildman–Crippen MR) is 180 cm³/mol. The van der Waals surface area contributed by atoms with Crippen LogP contribution in [0.3, 0.4) is 0 Å². The molecule has 0 saturated heterocycles. The smallest absolute Gasteiger partial charge is 0.0773 e. The molecule has 5 nitrogen and oxygen atoms in total. The zero-order valence-corrected chi connectivity index (χ0v) is 28.6. The Balaban J connectivity index is 4.12. The highest BCUT2D eigenvalue weighted by Gasteiger charge is 2.30. The van der Waals surface area contributed by atoms with Crippen molar-refractivity contribution in [1.82, 2.24) is 0 Å². The summed E-state index contributed by atoms with van der Waals surface area (Å²) >= 11 is 0. The van der Waals surface area contributed by atoms with Gasteiger partial charge >= 0.3 is 0 Å². The van der Waals surface area contributed by atoms with Crippen LogP contribution < -0.4 is 0 Å². The van der Waals surface area contributed by atoms with Gasteiger partial charge in [-0.25, -0.2) is 0 Å². The molecule has 2 atom stereocenters. The zero-order valence-electron chi connectivity index (χ0n) is 28.6. The molecule has 0 aromatic rings. The maximum Gasteiger partial charge on any atom is 0.0773 e. The number of hydrogen-bond acceptors (Lipinski definition) is 5. The van der Waals surface area contributed by atoms with Gasteiger partial charge in [-0.2, -0.15) is 0 Å². The first kappa shape index (κ1) is 41.5. The fourth-order valence-electron chi connectivity index (χ4n) is 5.51. The number of aliphatic hydroxyl groups is 2. The van der Waals surface area contributed by atoms with Gasteiger partial charge in [0.15, 0.2) is 0 Å². The maximum absolute atomic E-state index is 10.5. The fourth-order valence-corrected chi connectivity index (χ4v) is 5.51. The highest BCUT2D eigenvalue weighted by Crippen LogP contribution is 2.25. The van der Waals surface area contributed by atoms with Gasteiger partial charge in [-0.15, -0.1) is 6.58 Å². The van der Waals surface area contributed by atoms with Crippen LogP contribution in [-0.4, -0.2) is 62.1 Å². The van der Waals surface area contributed by atoms with Gasteiger partial charge in [-0.1, -0.05) is 155 Å². The minimum absolute atomic E-state index is 0.295. The molecule has 0 aromatic heterocycles. The van der Waals surface area contributed by atoms with E-state index in [9.17, 15) is 10.2 Å². The van der Waals surface area contributed by atoms with Crippen LogP contribution in [-0.2, 0) is 14.2 Å². The summed E-state index contributed by atoms with van der Waals surface area (Å²) in [7, 11) is 0. The molecule has 0 aliphatic rings. The van der Waals surface area contributed by atoms with Gasteiger partial charge in [0.1, 0.15) is 0 Å². The molecule has 0 fully saturated rings. The molecule has 0 heterocycles. The Morgan fingerprint density at radius 2 is 0.857 bits per heavy atom. The van der Waals surface area contributed by atoms with Gasteiger partial charge < -0.3 is 24.4 Å². The average molecular weight is 599 g/mol. The molecule has 0 aliphatic heterocycles. The summed E-state index contributed by atoms with van der Waals surface area (Å²) in [6.45, 7) is 13.1. The van der Waals surface area contributed by atoms with E-state index in [1.54, 1.807) is 6.08 Å². The van der Waals surface area contributed by atoms with E-state index in [0.29, 0.717) is 39.6 Å². The lowest BCUT2D eigenvalue weighted by Gasteiger charge is -2.32. The summed E-state index contributed by atoms with van der Waals surface area (Å²) < 4.78 is 17.9. The van der Waals surface area contributed by atoms with E-state index in [2.05, 4.69) is 27.4 Å². The number of ether oxygens (including phenoxy) is 3. The van der Waals surface area contributed by atoms with Gasteiger partial charge in [0.25, 0.3) is 0 Å². The maximum atomic E-state index is 10.5. The Morgan fingerprint density at radius 3 is 1.19 bits per heavy atom. The van der Waals surface area contributed by atoms with Crippen molar-refractivity contribution in [1.29, 1.82) is 0 Å². The SMILES string of the molecule is C=CCOCC(CC)(COCC(O)CCCCCCCCCCCC)COCC(O)CCCCCCCCCCCC. The standard InChI is InChI=1S/C37H74O5/c1-5-9-11-13-15-17-19-21-23-25-27-35(38)30-41-33-37(8-4,32-40-29-7-3)34-42-31-36(39)28-26-24-22-20-18-16-14-12-10-6-2/h7,35-36,38-39H,3,5-6,8-34H2,1-2,4H3. The van der Waals surface area contributed by atoms with Gasteiger partial charge in [0.2, 0.25) is 0 Å². The minimum atomic E-state index is -0.425. The Morgan fingerprint density at radius 1 is 0.524 bits per heavy atom. The van der Waals surface area contributed by atoms with Crippen LogP contribution in [0.5, 0.6) is 0 Å². The monoisotopic (exact) mass is 599 g/mol. The van der Waals surface area contributed by atoms with Crippen LogP contribution in [0.25, 0.3) is 0 Å². The molecular weight excluding hydrogens is 524 g/mol. The second kappa shape index (κ2) is 31.9. The van der Waals surface area contributed by atoms with Crippen molar-refractivity contribution in [3.05, 3.63) is 12.7 Å². The van der Waals surface area contributed by atoms with Crippen LogP contribution in [0.2, 0.25) is 0 Å². The first-order chi connectivity index (χ1) is 20.5. The van der Waals surface area contributed by atoms with Gasteiger partial charge in [-0.05, 0) is 19.3 Å². The summed E-state index contributed by atoms with van der Waals surface area (Å²) in [4.78, 5) is 0. The number of rotatable bonds is 35. The third-order valence-corrected chi connectivity index (χ3v) is 8.61. The first-order valence-corrected chi connectivity index (χ1v) is 18.2. The molecule has 0 saturated carbocycles. The van der Waals surface area contributed by atoms with E-state index in [-0.39, 0.29) is 5.41 Å². The summed E-state index contributed by atoms with van der Waals surface area (Å²) in [5.41, 5.74) is -0.295. The second-order valence-electron chi connectivity index (χ2n) is 12.9. The van der Waals surface area contributed by atoms with E-state index in [1.807, 2.05) is 0 Å². The molecule has 0 bridgehead atoms. The molecule has 2 N–H and O–H groups in total. The molecule has 5 heteroatoms. The molecule has 0 rings (SSSR count). The lowest BCUT2D eigenvalue weighted by atomic mass is 9.88. The number of unbranched alkanes of at least 4 members (excludes halogenated alkanes) is 18. The molecule has 0 amide bonds. The fraction of sp³-hybridized carbons (Fsp3) is 0.946. The molecule has 0 radical (unpaired) electrons. The third-order valence-electron chi connectivity index (χ3n) is 8.61. The number of aliphatic hydroxyl groups excluding tert-OH is 2. The van der Waals surface area contributed by atoms with Crippen LogP contribution in [0.15, 0.2) is 12.7 Å². The lowest BCUT2D eigenvalue weighted by molar-refractivity contribution is -0.0906. The van der Waals surface area contributed by atoms with E-state index >= 15 is 0 Å². The molecule has 0 spiro atoms. The zero-order chi connectivity index (χ0) is 31.0. The normalized spacial score (nSPS) is 14.6. The first-order valence-electron chi connectivity index (χ1n) is 18.2. The second-order valence-corrected chi connectivity index (χ2v) is 12.9. The van der Waals surface area contributed by atoms with Crippen molar-refractivity contribution < 1.29 is 24.4 Å². The minimum Gasteiger partial charge on any atom is -0.391 e. The molecule has 252 valence electrons. The molecular formula is C37H74O5. The highest BCUT2D eigenvalue weighted by atomic mass is 16.5. The van der Waals surface area contributed by atoms with Crippen LogP contribution in [0.4, 0.5) is 0 Å². The Labute approximate surface area is 262 Å². The van der Waals surface area contributed by atoms with Crippen LogP contribution in [0.1, 0.15) is 168 Å². The van der Waals surface area contributed by atoms with Crippen LogP contribution in [0, 0.1) is 5.41 Å². The topological polar surface area (TPSA) is 68.2 Å². The van der Waals surface area contributed by atoms with Crippen molar-refractivity contribution in [2.24, 2.45) is 5.41 Å². The Kier molecular flexibility index (Phi) is 31.6. The summed E-state index contributed by atoms with van der Waals surface area (Å²) in [5, 5.41) is 20.9. The van der Waals surface area contributed by atoms with Crippen molar-refractivity contribution in [3.63, 3.8) is 0 Å². The Hall–Kier alpha value is -0.460. The van der Waals surface area contributed by atoms with Gasteiger partial charge in [0, 0.05) is 5.41 Å². The molecule has 0 aliphatic carbocycles. The summed E-state index contributed by atoms with van der Waals surface area (Å²) in [6, 6.07) is 0. The largest absolute Gasteiger partial charge is 0.391 e. The van der Waals surface area contributed by atoms with E-state index in [4.69, 9.17) is 14.2 Å².